The van der Waals surface area contributed by atoms with Gasteiger partial charge in [0, 0.05) is 0 Å². The largest absolute Gasteiger partial charge is 0.488 e. The highest BCUT2D eigenvalue weighted by atomic mass is 127. The fraction of sp³-hybridized carbons (Fsp3) is 0.417. The molecule has 0 aliphatic carbocycles. The van der Waals surface area contributed by atoms with Crippen LogP contribution in [0.5, 0.6) is 5.75 Å². The van der Waals surface area contributed by atoms with Gasteiger partial charge in [-0.25, -0.2) is 4.99 Å². The normalized spacial score (nSPS) is 12.2. The molecule has 0 saturated carbocycles. The number of hydrogen-bond donors (Lipinski definition) is 2. The van der Waals surface area contributed by atoms with E-state index in [2.05, 4.69) is 4.99 Å². The zero-order valence-electron chi connectivity index (χ0n) is 10.9. The van der Waals surface area contributed by atoms with Crippen LogP contribution in [-0.2, 0) is 6.18 Å². The molecule has 20 heavy (non-hydrogen) atoms. The molecule has 0 aliphatic rings. The molecular formula is C12H17F3IN3O. The van der Waals surface area contributed by atoms with E-state index >= 15 is 0 Å². The maximum Gasteiger partial charge on any atom is 0.416 e. The van der Waals surface area contributed by atoms with E-state index in [-0.39, 0.29) is 48.3 Å². The molecule has 0 amide bonds. The monoisotopic (exact) mass is 403 g/mol. The van der Waals surface area contributed by atoms with Gasteiger partial charge in [0.15, 0.2) is 5.96 Å². The van der Waals surface area contributed by atoms with Crippen molar-refractivity contribution in [1.29, 1.82) is 0 Å². The van der Waals surface area contributed by atoms with Crippen molar-refractivity contribution >= 4 is 29.9 Å². The fourth-order valence-electron chi connectivity index (χ4n) is 1.40. The summed E-state index contributed by atoms with van der Waals surface area (Å²) in [6.07, 6.45) is -4.18. The van der Waals surface area contributed by atoms with Gasteiger partial charge in [0.2, 0.25) is 0 Å². The van der Waals surface area contributed by atoms with E-state index in [9.17, 15) is 13.2 Å². The smallest absolute Gasteiger partial charge is 0.416 e. The Bertz CT molecular complexity index is 448. The molecule has 1 unspecified atom stereocenters. The van der Waals surface area contributed by atoms with E-state index in [4.69, 9.17) is 16.2 Å². The van der Waals surface area contributed by atoms with Crippen molar-refractivity contribution in [2.24, 2.45) is 16.5 Å². The molecule has 8 heteroatoms. The lowest BCUT2D eigenvalue weighted by molar-refractivity contribution is -0.137. The van der Waals surface area contributed by atoms with Crippen LogP contribution >= 0.6 is 24.0 Å². The molecule has 1 aromatic carbocycles. The Morgan fingerprint density at radius 2 is 2.00 bits per heavy atom. The van der Waals surface area contributed by atoms with Gasteiger partial charge in [0.25, 0.3) is 0 Å². The number of guanidine groups is 1. The number of halogens is 4. The Labute approximate surface area is 132 Å². The number of rotatable bonds is 5. The fourth-order valence-corrected chi connectivity index (χ4v) is 1.40. The molecule has 0 bridgehead atoms. The van der Waals surface area contributed by atoms with E-state index in [0.29, 0.717) is 6.42 Å². The highest BCUT2D eigenvalue weighted by Crippen LogP contribution is 2.31. The summed E-state index contributed by atoms with van der Waals surface area (Å²) in [4.78, 5) is 3.79. The summed E-state index contributed by atoms with van der Waals surface area (Å²) in [5, 5.41) is 0. The van der Waals surface area contributed by atoms with E-state index in [1.807, 2.05) is 6.92 Å². The minimum Gasteiger partial charge on any atom is -0.488 e. The molecular weight excluding hydrogens is 386 g/mol. The molecule has 1 atom stereocenters. The van der Waals surface area contributed by atoms with Crippen LogP contribution in [0.4, 0.5) is 13.2 Å². The standard InChI is InChI=1S/C12H16F3N3O.HI/c1-2-9(7-18-11(16)17)19-10-5-3-4-8(6-10)12(13,14)15;/h3-6,9H,2,7H2,1H3,(H4,16,17,18);1H. The van der Waals surface area contributed by atoms with Gasteiger partial charge in [-0.15, -0.1) is 24.0 Å². The first kappa shape index (κ1) is 18.8. The molecule has 0 fully saturated rings. The number of alkyl halides is 3. The van der Waals surface area contributed by atoms with Gasteiger partial charge in [0.1, 0.15) is 11.9 Å². The van der Waals surface area contributed by atoms with Crippen LogP contribution in [-0.4, -0.2) is 18.6 Å². The second kappa shape index (κ2) is 8.18. The third-order valence-corrected chi connectivity index (χ3v) is 2.40. The van der Waals surface area contributed by atoms with Crippen molar-refractivity contribution in [2.45, 2.75) is 25.6 Å². The molecule has 1 aromatic rings. The van der Waals surface area contributed by atoms with Crippen LogP contribution in [0.25, 0.3) is 0 Å². The van der Waals surface area contributed by atoms with Crippen molar-refractivity contribution in [2.75, 3.05) is 6.54 Å². The maximum atomic E-state index is 12.5. The Kier molecular flexibility index (Phi) is 7.69. The molecule has 0 aromatic heterocycles. The second-order valence-electron chi connectivity index (χ2n) is 3.94. The summed E-state index contributed by atoms with van der Waals surface area (Å²) in [6.45, 7) is 2.04. The van der Waals surface area contributed by atoms with Crippen LogP contribution in [0.3, 0.4) is 0 Å². The van der Waals surface area contributed by atoms with Crippen LogP contribution in [0, 0.1) is 0 Å². The Hall–Kier alpha value is -1.19. The number of ether oxygens (including phenoxy) is 1. The van der Waals surface area contributed by atoms with Crippen LogP contribution in [0.15, 0.2) is 29.3 Å². The van der Waals surface area contributed by atoms with Gasteiger partial charge in [-0.2, -0.15) is 13.2 Å². The predicted octanol–water partition coefficient (Wildman–Crippen LogP) is 2.75. The summed E-state index contributed by atoms with van der Waals surface area (Å²) < 4.78 is 43.0. The SMILES string of the molecule is CCC(CN=C(N)N)Oc1cccc(C(F)(F)F)c1.I. The summed E-state index contributed by atoms with van der Waals surface area (Å²) in [7, 11) is 0. The number of nitrogens with two attached hydrogens (primary N) is 2. The summed E-state index contributed by atoms with van der Waals surface area (Å²) in [6, 6.07) is 4.71. The first-order valence-corrected chi connectivity index (χ1v) is 5.72. The third kappa shape index (κ3) is 6.31. The lowest BCUT2D eigenvalue weighted by Crippen LogP contribution is -2.27. The second-order valence-corrected chi connectivity index (χ2v) is 3.94. The summed E-state index contributed by atoms with van der Waals surface area (Å²) in [5.41, 5.74) is 9.64. The van der Waals surface area contributed by atoms with E-state index in [0.717, 1.165) is 12.1 Å². The Morgan fingerprint density at radius 3 is 2.50 bits per heavy atom. The van der Waals surface area contributed by atoms with Gasteiger partial charge < -0.3 is 16.2 Å². The first-order valence-electron chi connectivity index (χ1n) is 5.72. The van der Waals surface area contributed by atoms with Gasteiger partial charge in [0.05, 0.1) is 12.1 Å². The number of nitrogens with zero attached hydrogens (tertiary/aromatic N) is 1. The van der Waals surface area contributed by atoms with E-state index in [1.165, 1.54) is 12.1 Å². The minimum atomic E-state index is -4.39. The molecule has 0 spiro atoms. The van der Waals surface area contributed by atoms with Crippen LogP contribution in [0.2, 0.25) is 0 Å². The lowest BCUT2D eigenvalue weighted by atomic mass is 10.2. The predicted molar refractivity (Wildman–Crippen MR) is 82.2 cm³/mol. The average Bonchev–Trinajstić information content (AvgIpc) is 2.33. The van der Waals surface area contributed by atoms with E-state index < -0.39 is 11.7 Å². The van der Waals surface area contributed by atoms with Gasteiger partial charge >= 0.3 is 6.18 Å². The quantitative estimate of drug-likeness (QED) is 0.451. The van der Waals surface area contributed by atoms with Crippen molar-refractivity contribution in [3.05, 3.63) is 29.8 Å². The van der Waals surface area contributed by atoms with Crippen molar-refractivity contribution in [3.63, 3.8) is 0 Å². The van der Waals surface area contributed by atoms with Gasteiger partial charge in [-0.3, -0.25) is 0 Å². The molecule has 4 N–H and O–H groups in total. The van der Waals surface area contributed by atoms with Crippen LogP contribution in [0.1, 0.15) is 18.9 Å². The lowest BCUT2D eigenvalue weighted by Gasteiger charge is -2.16. The zero-order chi connectivity index (χ0) is 14.5. The number of hydrogen-bond acceptors (Lipinski definition) is 2. The Balaban J connectivity index is 0.00000361. The Morgan fingerprint density at radius 1 is 1.35 bits per heavy atom. The molecule has 0 radical (unpaired) electrons. The van der Waals surface area contributed by atoms with Gasteiger partial charge in [-0.1, -0.05) is 13.0 Å². The highest BCUT2D eigenvalue weighted by molar-refractivity contribution is 14.0. The zero-order valence-corrected chi connectivity index (χ0v) is 13.2. The van der Waals surface area contributed by atoms with Crippen LogP contribution < -0.4 is 16.2 Å². The molecule has 1 rings (SSSR count). The van der Waals surface area contributed by atoms with Crippen molar-refractivity contribution in [3.8, 4) is 5.75 Å². The first-order chi connectivity index (χ1) is 8.82. The minimum absolute atomic E-state index is 0. The number of benzene rings is 1. The average molecular weight is 403 g/mol. The molecule has 0 aliphatic heterocycles. The third-order valence-electron chi connectivity index (χ3n) is 2.40. The summed E-state index contributed by atoms with van der Waals surface area (Å²) >= 11 is 0. The summed E-state index contributed by atoms with van der Waals surface area (Å²) in [5.74, 6) is 0.0681. The molecule has 114 valence electrons. The molecule has 0 saturated heterocycles. The van der Waals surface area contributed by atoms with E-state index in [1.54, 1.807) is 0 Å². The molecule has 0 heterocycles. The molecule has 4 nitrogen and oxygen atoms in total. The van der Waals surface area contributed by atoms with Crippen molar-refractivity contribution < 1.29 is 17.9 Å². The highest BCUT2D eigenvalue weighted by Gasteiger charge is 2.30. The maximum absolute atomic E-state index is 12.5. The topological polar surface area (TPSA) is 73.6 Å². The van der Waals surface area contributed by atoms with Crippen molar-refractivity contribution in [1.82, 2.24) is 0 Å². The number of aliphatic imine (C=N–C) groups is 1. The van der Waals surface area contributed by atoms with Gasteiger partial charge in [-0.05, 0) is 24.6 Å².